The summed E-state index contributed by atoms with van der Waals surface area (Å²) in [5, 5.41) is 13.5. The molecule has 1 atom stereocenters. The largest absolute Gasteiger partial charge is 0.351 e. The van der Waals surface area contributed by atoms with Gasteiger partial charge in [-0.3, -0.25) is 14.9 Å². The average molecular weight is 343 g/mol. The van der Waals surface area contributed by atoms with Gasteiger partial charge in [0.25, 0.3) is 11.6 Å². The first kappa shape index (κ1) is 16.6. The molecule has 0 spiro atoms. The van der Waals surface area contributed by atoms with Crippen molar-refractivity contribution in [2.24, 2.45) is 5.92 Å². The lowest BCUT2D eigenvalue weighted by Crippen LogP contribution is -2.30. The van der Waals surface area contributed by atoms with Crippen LogP contribution in [0.4, 0.5) is 5.69 Å². The summed E-state index contributed by atoms with van der Waals surface area (Å²) in [5.74, 6) is 0.350. The number of nitro benzene ring substituents is 1. The van der Waals surface area contributed by atoms with Gasteiger partial charge >= 0.3 is 0 Å². The van der Waals surface area contributed by atoms with E-state index in [-0.39, 0.29) is 16.4 Å². The van der Waals surface area contributed by atoms with Crippen LogP contribution in [0.15, 0.2) is 18.2 Å². The van der Waals surface area contributed by atoms with Gasteiger partial charge in [-0.2, -0.15) is 0 Å². The molecule has 20 heavy (non-hydrogen) atoms. The van der Waals surface area contributed by atoms with Crippen molar-refractivity contribution in [2.75, 3.05) is 6.54 Å². The molecule has 0 aliphatic heterocycles. The molecule has 0 heterocycles. The average Bonchev–Trinajstić information content (AvgIpc) is 2.34. The van der Waals surface area contributed by atoms with E-state index in [9.17, 15) is 14.9 Å². The zero-order valence-corrected chi connectivity index (χ0v) is 13.4. The molecule has 0 saturated heterocycles. The Morgan fingerprint density at radius 2 is 2.10 bits per heavy atom. The molecule has 1 aromatic rings. The molecule has 1 aromatic carbocycles. The molecule has 0 fully saturated rings. The van der Waals surface area contributed by atoms with Crippen LogP contribution in [0.2, 0.25) is 0 Å². The van der Waals surface area contributed by atoms with Crippen LogP contribution in [0.25, 0.3) is 0 Å². The molecule has 1 rings (SSSR count). The van der Waals surface area contributed by atoms with Crippen molar-refractivity contribution in [3.8, 4) is 0 Å². The van der Waals surface area contributed by atoms with E-state index < -0.39 is 4.92 Å². The number of carbonyl (C=O) groups is 1. The number of nitro groups is 1. The normalized spacial score (nSPS) is 12.2. The molecule has 110 valence electrons. The SMILES string of the molecule is Cc1cc([N+](=O)[O-])ccc1C(=O)NCC(Br)CC(C)C. The monoisotopic (exact) mass is 342 g/mol. The number of amides is 1. The fraction of sp³-hybridized carbons (Fsp3) is 0.500. The Morgan fingerprint density at radius 1 is 1.45 bits per heavy atom. The van der Waals surface area contributed by atoms with E-state index in [0.29, 0.717) is 23.6 Å². The highest BCUT2D eigenvalue weighted by molar-refractivity contribution is 9.09. The van der Waals surface area contributed by atoms with Gasteiger partial charge in [0.05, 0.1) is 4.92 Å². The molecule has 0 bridgehead atoms. The molecule has 0 aliphatic carbocycles. The maximum atomic E-state index is 12.0. The van der Waals surface area contributed by atoms with E-state index in [1.54, 1.807) is 6.92 Å². The maximum absolute atomic E-state index is 12.0. The smallest absolute Gasteiger partial charge is 0.269 e. The minimum atomic E-state index is -0.466. The molecule has 6 heteroatoms. The molecule has 0 radical (unpaired) electrons. The highest BCUT2D eigenvalue weighted by Crippen LogP contribution is 2.17. The first-order chi connectivity index (χ1) is 9.31. The lowest BCUT2D eigenvalue weighted by atomic mass is 10.1. The highest BCUT2D eigenvalue weighted by Gasteiger charge is 2.14. The van der Waals surface area contributed by atoms with Crippen LogP contribution in [0.5, 0.6) is 0 Å². The van der Waals surface area contributed by atoms with Crippen molar-refractivity contribution >= 4 is 27.5 Å². The summed E-state index contributed by atoms with van der Waals surface area (Å²) in [6, 6.07) is 4.25. The number of carbonyl (C=O) groups excluding carboxylic acids is 1. The predicted octanol–water partition coefficient (Wildman–Crippen LogP) is 3.44. The second-order valence-corrected chi connectivity index (χ2v) is 6.49. The summed E-state index contributed by atoms with van der Waals surface area (Å²) in [6.45, 7) is 6.47. The molecule has 1 unspecified atom stereocenters. The lowest BCUT2D eigenvalue weighted by Gasteiger charge is -2.14. The predicted molar refractivity (Wildman–Crippen MR) is 82.3 cm³/mol. The van der Waals surface area contributed by atoms with Crippen LogP contribution in [-0.2, 0) is 0 Å². The van der Waals surface area contributed by atoms with Crippen molar-refractivity contribution in [2.45, 2.75) is 32.0 Å². The minimum Gasteiger partial charge on any atom is -0.351 e. The molecule has 0 saturated carbocycles. The summed E-state index contributed by atoms with van der Waals surface area (Å²) in [6.07, 6.45) is 0.972. The fourth-order valence-electron chi connectivity index (χ4n) is 1.91. The van der Waals surface area contributed by atoms with Gasteiger partial charge in [0, 0.05) is 29.1 Å². The molecular weight excluding hydrogens is 324 g/mol. The number of nitrogens with one attached hydrogen (secondary N) is 1. The first-order valence-electron chi connectivity index (χ1n) is 6.48. The fourth-order valence-corrected chi connectivity index (χ4v) is 2.82. The van der Waals surface area contributed by atoms with Crippen molar-refractivity contribution in [1.29, 1.82) is 0 Å². The van der Waals surface area contributed by atoms with E-state index in [1.165, 1.54) is 18.2 Å². The third-order valence-electron chi connectivity index (χ3n) is 2.88. The number of halogens is 1. The molecule has 0 aromatic heterocycles. The quantitative estimate of drug-likeness (QED) is 0.489. The number of alkyl halides is 1. The zero-order valence-electron chi connectivity index (χ0n) is 11.9. The number of hydrogen-bond acceptors (Lipinski definition) is 3. The lowest BCUT2D eigenvalue weighted by molar-refractivity contribution is -0.384. The van der Waals surface area contributed by atoms with Gasteiger partial charge in [0.15, 0.2) is 0 Å². The zero-order chi connectivity index (χ0) is 15.3. The first-order valence-corrected chi connectivity index (χ1v) is 7.40. The highest BCUT2D eigenvalue weighted by atomic mass is 79.9. The van der Waals surface area contributed by atoms with E-state index in [0.717, 1.165) is 6.42 Å². The van der Waals surface area contributed by atoms with E-state index in [4.69, 9.17) is 0 Å². The van der Waals surface area contributed by atoms with Gasteiger partial charge in [-0.1, -0.05) is 29.8 Å². The number of nitrogens with zero attached hydrogens (tertiary/aromatic N) is 1. The number of non-ortho nitro benzene ring substituents is 1. The summed E-state index contributed by atoms with van der Waals surface area (Å²) in [4.78, 5) is 22.4. The van der Waals surface area contributed by atoms with Crippen LogP contribution in [0.1, 0.15) is 36.2 Å². The second-order valence-electron chi connectivity index (χ2n) is 5.19. The minimum absolute atomic E-state index is 0.00257. The number of rotatable bonds is 6. The van der Waals surface area contributed by atoms with Crippen molar-refractivity contribution in [1.82, 2.24) is 5.32 Å². The van der Waals surface area contributed by atoms with Gasteiger partial charge < -0.3 is 5.32 Å². The maximum Gasteiger partial charge on any atom is 0.269 e. The number of benzene rings is 1. The van der Waals surface area contributed by atoms with Crippen LogP contribution in [-0.4, -0.2) is 22.2 Å². The second kappa shape index (κ2) is 7.38. The van der Waals surface area contributed by atoms with Gasteiger partial charge in [-0.25, -0.2) is 0 Å². The van der Waals surface area contributed by atoms with Crippen molar-refractivity contribution in [3.05, 3.63) is 39.4 Å². The summed E-state index contributed by atoms with van der Waals surface area (Å²) >= 11 is 3.52. The van der Waals surface area contributed by atoms with Crippen LogP contribution >= 0.6 is 15.9 Å². The standard InChI is InChI=1S/C14H19BrN2O3/c1-9(2)6-11(15)8-16-14(18)13-5-4-12(17(19)20)7-10(13)3/h4-5,7,9,11H,6,8H2,1-3H3,(H,16,18). The van der Waals surface area contributed by atoms with Crippen LogP contribution in [0, 0.1) is 23.0 Å². The third-order valence-corrected chi connectivity index (χ3v) is 3.57. The van der Waals surface area contributed by atoms with Crippen LogP contribution in [0.3, 0.4) is 0 Å². The molecule has 1 amide bonds. The van der Waals surface area contributed by atoms with E-state index in [2.05, 4.69) is 35.1 Å². The Kier molecular flexibility index (Phi) is 6.13. The van der Waals surface area contributed by atoms with Gasteiger partial charge in [-0.15, -0.1) is 0 Å². The Hall–Kier alpha value is -1.43. The molecular formula is C14H19BrN2O3. The van der Waals surface area contributed by atoms with Gasteiger partial charge in [0.2, 0.25) is 0 Å². The Balaban J connectivity index is 2.66. The number of aryl methyl sites for hydroxylation is 1. The van der Waals surface area contributed by atoms with E-state index >= 15 is 0 Å². The Labute approximate surface area is 127 Å². The van der Waals surface area contributed by atoms with Crippen molar-refractivity contribution in [3.63, 3.8) is 0 Å². The van der Waals surface area contributed by atoms with E-state index in [1.807, 2.05) is 0 Å². The summed E-state index contributed by atoms with van der Waals surface area (Å²) in [5.41, 5.74) is 1.07. The Bertz CT molecular complexity index is 503. The molecule has 5 nitrogen and oxygen atoms in total. The number of hydrogen-bond donors (Lipinski definition) is 1. The topological polar surface area (TPSA) is 72.2 Å². The van der Waals surface area contributed by atoms with Gasteiger partial charge in [0.1, 0.15) is 0 Å². The van der Waals surface area contributed by atoms with Gasteiger partial charge in [-0.05, 0) is 30.9 Å². The molecule has 1 N–H and O–H groups in total. The van der Waals surface area contributed by atoms with Crippen LogP contribution < -0.4 is 5.32 Å². The summed E-state index contributed by atoms with van der Waals surface area (Å²) in [7, 11) is 0. The summed E-state index contributed by atoms with van der Waals surface area (Å²) < 4.78 is 0. The third kappa shape index (κ3) is 4.92. The molecule has 0 aliphatic rings. The van der Waals surface area contributed by atoms with Crippen molar-refractivity contribution < 1.29 is 9.72 Å². The Morgan fingerprint density at radius 3 is 2.60 bits per heavy atom.